The van der Waals surface area contributed by atoms with E-state index in [0.29, 0.717) is 25.3 Å². The maximum atomic E-state index is 13.0. The van der Waals surface area contributed by atoms with Gasteiger partial charge in [0.2, 0.25) is 5.91 Å². The summed E-state index contributed by atoms with van der Waals surface area (Å²) in [5.74, 6) is 1.50. The Kier molecular flexibility index (Phi) is 8.14. The van der Waals surface area contributed by atoms with Crippen molar-refractivity contribution in [3.8, 4) is 5.69 Å². The van der Waals surface area contributed by atoms with Crippen LogP contribution in [-0.4, -0.2) is 94.3 Å². The fraction of sp³-hybridized carbons (Fsp3) is 0.577. The molecule has 2 aromatic rings. The van der Waals surface area contributed by atoms with E-state index in [2.05, 4.69) is 45.9 Å². The molecule has 9 nitrogen and oxygen atoms in total. The molecule has 2 amide bonds. The van der Waals surface area contributed by atoms with E-state index in [4.69, 9.17) is 9.84 Å². The number of hydrogen-bond donors (Lipinski definition) is 2. The van der Waals surface area contributed by atoms with E-state index in [9.17, 15) is 9.59 Å². The van der Waals surface area contributed by atoms with E-state index in [1.54, 1.807) is 4.90 Å². The molecule has 0 radical (unpaired) electrons. The average molecular weight is 515 g/mol. The number of aromatic nitrogens is 2. The number of nitrogens with one attached hydrogen (secondary N) is 1. The van der Waals surface area contributed by atoms with Crippen molar-refractivity contribution in [3.05, 3.63) is 42.1 Å². The summed E-state index contributed by atoms with van der Waals surface area (Å²) in [5, 5.41) is 7.62. The second kappa shape index (κ2) is 11.1. The first-order chi connectivity index (χ1) is 17.2. The lowest BCUT2D eigenvalue weighted by Gasteiger charge is -2.38. The monoisotopic (exact) mass is 514 g/mol. The number of para-hydroxylation sites is 1. The number of thiol groups is 1. The molecule has 0 unspecified atom stereocenters. The van der Waals surface area contributed by atoms with Gasteiger partial charge in [0, 0.05) is 57.1 Å². The number of benzene rings is 1. The molecule has 0 aliphatic carbocycles. The number of piperazine rings is 1. The molecule has 1 aromatic carbocycles. The quantitative estimate of drug-likeness (QED) is 0.577. The molecule has 3 heterocycles. The van der Waals surface area contributed by atoms with Crippen LogP contribution in [0.25, 0.3) is 5.69 Å². The highest BCUT2D eigenvalue weighted by Gasteiger charge is 2.43. The number of amides is 2. The van der Waals surface area contributed by atoms with Crippen molar-refractivity contribution in [1.82, 2.24) is 24.9 Å². The number of aryl methyl sites for hydroxylation is 1. The van der Waals surface area contributed by atoms with Gasteiger partial charge in [0.05, 0.1) is 11.4 Å². The minimum Gasteiger partial charge on any atom is -0.444 e. The SMILES string of the molecule is Cc1cc(N2CCN([C@H]3C[C@@H](C(=O)NCCS)N(C(=O)OC(C)(C)C)C3)CC2)n(-c2ccccc2)n1. The van der Waals surface area contributed by atoms with E-state index < -0.39 is 17.7 Å². The van der Waals surface area contributed by atoms with E-state index in [-0.39, 0.29) is 11.9 Å². The average Bonchev–Trinajstić information content (AvgIpc) is 3.47. The molecule has 196 valence electrons. The molecule has 2 aliphatic heterocycles. The summed E-state index contributed by atoms with van der Waals surface area (Å²) in [6, 6.07) is 11.9. The zero-order valence-corrected chi connectivity index (χ0v) is 22.6. The lowest BCUT2D eigenvalue weighted by Crippen LogP contribution is -2.51. The van der Waals surface area contributed by atoms with Gasteiger partial charge in [-0.25, -0.2) is 9.48 Å². The standard InChI is InChI=1S/C26H38N6O3S/c1-19-16-23(32(28-19)20-8-6-5-7-9-20)30-13-11-29(12-14-30)21-17-22(24(33)27-10-15-36)31(18-21)25(34)35-26(2,3)4/h5-9,16,21-22,36H,10-15,17-18H2,1-4H3,(H,27,33)/t21-,22-/m0/s1. The van der Waals surface area contributed by atoms with Crippen molar-refractivity contribution in [2.75, 3.05) is 49.9 Å². The van der Waals surface area contributed by atoms with Gasteiger partial charge in [0.25, 0.3) is 0 Å². The molecule has 2 fully saturated rings. The van der Waals surface area contributed by atoms with E-state index in [0.717, 1.165) is 43.4 Å². The summed E-state index contributed by atoms with van der Waals surface area (Å²) < 4.78 is 7.64. The first-order valence-electron chi connectivity index (χ1n) is 12.7. The molecule has 10 heteroatoms. The Morgan fingerprint density at radius 1 is 1.14 bits per heavy atom. The zero-order valence-electron chi connectivity index (χ0n) is 21.7. The molecule has 2 saturated heterocycles. The third kappa shape index (κ3) is 6.15. The predicted octanol–water partition coefficient (Wildman–Crippen LogP) is 2.73. The van der Waals surface area contributed by atoms with Crippen molar-refractivity contribution in [3.63, 3.8) is 0 Å². The Morgan fingerprint density at radius 2 is 1.83 bits per heavy atom. The molecule has 4 rings (SSSR count). The van der Waals surface area contributed by atoms with Crippen molar-refractivity contribution < 1.29 is 14.3 Å². The summed E-state index contributed by atoms with van der Waals surface area (Å²) >= 11 is 4.19. The van der Waals surface area contributed by atoms with Gasteiger partial charge in [-0.15, -0.1) is 0 Å². The summed E-state index contributed by atoms with van der Waals surface area (Å²) in [4.78, 5) is 32.2. The predicted molar refractivity (Wildman–Crippen MR) is 144 cm³/mol. The van der Waals surface area contributed by atoms with Crippen molar-refractivity contribution >= 4 is 30.4 Å². The number of ether oxygens (including phenoxy) is 1. The molecule has 1 aromatic heterocycles. The fourth-order valence-corrected chi connectivity index (χ4v) is 5.04. The van der Waals surface area contributed by atoms with Gasteiger partial charge in [0.1, 0.15) is 17.5 Å². The molecule has 2 atom stereocenters. The molecule has 36 heavy (non-hydrogen) atoms. The number of carbonyl (C=O) groups excluding carboxylic acids is 2. The molecule has 2 aliphatic rings. The highest BCUT2D eigenvalue weighted by Crippen LogP contribution is 2.28. The van der Waals surface area contributed by atoms with Crippen molar-refractivity contribution in [1.29, 1.82) is 0 Å². The molecular formula is C26H38N6O3S. The van der Waals surface area contributed by atoms with Gasteiger partial charge in [-0.2, -0.15) is 17.7 Å². The number of hydrogen-bond acceptors (Lipinski definition) is 7. The van der Waals surface area contributed by atoms with Gasteiger partial charge >= 0.3 is 6.09 Å². The highest BCUT2D eigenvalue weighted by atomic mass is 32.1. The van der Waals surface area contributed by atoms with Crippen LogP contribution in [0.3, 0.4) is 0 Å². The van der Waals surface area contributed by atoms with Crippen LogP contribution in [0.5, 0.6) is 0 Å². The van der Waals surface area contributed by atoms with Crippen LogP contribution < -0.4 is 10.2 Å². The first kappa shape index (κ1) is 26.3. The van der Waals surface area contributed by atoms with Gasteiger partial charge in [-0.05, 0) is 46.2 Å². The largest absolute Gasteiger partial charge is 0.444 e. The number of carbonyl (C=O) groups is 2. The number of likely N-dealkylation sites (tertiary alicyclic amines) is 1. The summed E-state index contributed by atoms with van der Waals surface area (Å²) in [5.41, 5.74) is 1.41. The fourth-order valence-electron chi connectivity index (χ4n) is 4.93. The minimum atomic E-state index is -0.618. The van der Waals surface area contributed by atoms with Gasteiger partial charge in [-0.3, -0.25) is 14.6 Å². The van der Waals surface area contributed by atoms with Gasteiger partial charge in [0.15, 0.2) is 0 Å². The van der Waals surface area contributed by atoms with Crippen LogP contribution in [0.2, 0.25) is 0 Å². The smallest absolute Gasteiger partial charge is 0.411 e. The summed E-state index contributed by atoms with van der Waals surface area (Å²) in [7, 11) is 0. The van der Waals surface area contributed by atoms with E-state index in [1.165, 1.54) is 0 Å². The van der Waals surface area contributed by atoms with Gasteiger partial charge in [-0.1, -0.05) is 18.2 Å². The molecule has 0 saturated carbocycles. The molecule has 0 bridgehead atoms. The van der Waals surface area contributed by atoms with E-state index >= 15 is 0 Å². The normalized spacial score (nSPS) is 21.0. The first-order valence-corrected chi connectivity index (χ1v) is 13.3. The van der Waals surface area contributed by atoms with Crippen molar-refractivity contribution in [2.24, 2.45) is 0 Å². The highest BCUT2D eigenvalue weighted by molar-refractivity contribution is 7.80. The van der Waals surface area contributed by atoms with Crippen LogP contribution >= 0.6 is 12.6 Å². The molecule has 1 N–H and O–H groups in total. The minimum absolute atomic E-state index is 0.104. The third-order valence-electron chi connectivity index (χ3n) is 6.59. The third-order valence-corrected chi connectivity index (χ3v) is 6.81. The van der Waals surface area contributed by atoms with Crippen LogP contribution in [0.4, 0.5) is 10.6 Å². The Morgan fingerprint density at radius 3 is 2.47 bits per heavy atom. The Labute approximate surface area is 219 Å². The van der Waals surface area contributed by atoms with Crippen LogP contribution in [0, 0.1) is 6.92 Å². The summed E-state index contributed by atoms with van der Waals surface area (Å²) in [6.45, 7) is 11.9. The Balaban J connectivity index is 1.43. The number of rotatable bonds is 6. The maximum Gasteiger partial charge on any atom is 0.411 e. The zero-order chi connectivity index (χ0) is 25.9. The van der Waals surface area contributed by atoms with Crippen molar-refractivity contribution in [2.45, 2.75) is 51.8 Å². The Bertz CT molecular complexity index is 1050. The van der Waals surface area contributed by atoms with Crippen LogP contribution in [0.15, 0.2) is 36.4 Å². The molecular weight excluding hydrogens is 476 g/mol. The van der Waals surface area contributed by atoms with Gasteiger partial charge < -0.3 is 15.0 Å². The lowest BCUT2D eigenvalue weighted by atomic mass is 10.1. The van der Waals surface area contributed by atoms with E-state index in [1.807, 2.05) is 50.6 Å². The van der Waals surface area contributed by atoms with Crippen LogP contribution in [0.1, 0.15) is 32.9 Å². The second-order valence-electron chi connectivity index (χ2n) is 10.5. The number of anilines is 1. The number of nitrogens with zero attached hydrogens (tertiary/aromatic N) is 5. The lowest BCUT2D eigenvalue weighted by molar-refractivity contribution is -0.125. The summed E-state index contributed by atoms with van der Waals surface area (Å²) in [6.07, 6.45) is 0.163. The second-order valence-corrected chi connectivity index (χ2v) is 10.9. The maximum absolute atomic E-state index is 13.0. The van der Waals surface area contributed by atoms with Crippen LogP contribution in [-0.2, 0) is 9.53 Å². The molecule has 0 spiro atoms. The topological polar surface area (TPSA) is 82.9 Å². The Hall–Kier alpha value is -2.72.